The summed E-state index contributed by atoms with van der Waals surface area (Å²) in [6.07, 6.45) is 3.96. The summed E-state index contributed by atoms with van der Waals surface area (Å²) in [6.45, 7) is 3.23. The third kappa shape index (κ3) is 4.03. The van der Waals surface area contributed by atoms with Gasteiger partial charge in [0.1, 0.15) is 5.75 Å². The largest absolute Gasteiger partial charge is 0.493 e. The first-order valence-corrected chi connectivity index (χ1v) is 11.1. The van der Waals surface area contributed by atoms with Crippen molar-refractivity contribution in [2.45, 2.75) is 43.7 Å². The fraction of sp³-hybridized carbons (Fsp3) is 0.429. The number of ether oxygens (including phenoxy) is 1. The topological polar surface area (TPSA) is 58.6 Å². The summed E-state index contributed by atoms with van der Waals surface area (Å²) in [5.41, 5.74) is 3.27. The van der Waals surface area contributed by atoms with E-state index in [1.54, 1.807) is 16.4 Å². The highest BCUT2D eigenvalue weighted by Gasteiger charge is 2.27. The molecular formula is C21H26N2O3S. The van der Waals surface area contributed by atoms with E-state index >= 15 is 0 Å². The summed E-state index contributed by atoms with van der Waals surface area (Å²) >= 11 is 0. The number of piperidine rings is 1. The number of hydrogen-bond donors (Lipinski definition) is 1. The molecule has 1 fully saturated rings. The van der Waals surface area contributed by atoms with E-state index in [4.69, 9.17) is 4.74 Å². The molecule has 0 amide bonds. The van der Waals surface area contributed by atoms with E-state index in [9.17, 15) is 8.42 Å². The predicted molar refractivity (Wildman–Crippen MR) is 105 cm³/mol. The number of rotatable bonds is 6. The lowest BCUT2D eigenvalue weighted by Gasteiger charge is -2.26. The fourth-order valence-electron chi connectivity index (χ4n) is 3.84. The van der Waals surface area contributed by atoms with Crippen LogP contribution in [-0.4, -0.2) is 32.4 Å². The van der Waals surface area contributed by atoms with Gasteiger partial charge in [-0.1, -0.05) is 36.8 Å². The Morgan fingerprint density at radius 3 is 2.67 bits per heavy atom. The smallest absolute Gasteiger partial charge is 0.243 e. The fourth-order valence-corrected chi connectivity index (χ4v) is 5.58. The first-order chi connectivity index (χ1) is 13.1. The number of nitrogens with one attached hydrogen (secondary N) is 1. The van der Waals surface area contributed by atoms with Crippen molar-refractivity contribution in [2.75, 3.05) is 19.7 Å². The molecular weight excluding hydrogens is 360 g/mol. The SMILES string of the molecule is O=S(=O)(c1ccccc1CNCc1ccc2c(c1)CCO2)N1CCCCC1. The predicted octanol–water partition coefficient (Wildman–Crippen LogP) is 3.09. The third-order valence-electron chi connectivity index (χ3n) is 5.30. The minimum Gasteiger partial charge on any atom is -0.493 e. The zero-order valence-electron chi connectivity index (χ0n) is 15.5. The van der Waals surface area contributed by atoms with E-state index < -0.39 is 10.0 Å². The number of fused-ring (bicyclic) bond motifs is 1. The quantitative estimate of drug-likeness (QED) is 0.829. The van der Waals surface area contributed by atoms with Crippen LogP contribution < -0.4 is 10.1 Å². The summed E-state index contributed by atoms with van der Waals surface area (Å²) in [4.78, 5) is 0.432. The summed E-state index contributed by atoms with van der Waals surface area (Å²) < 4.78 is 33.3. The monoisotopic (exact) mass is 386 g/mol. The van der Waals surface area contributed by atoms with E-state index in [2.05, 4.69) is 17.4 Å². The lowest BCUT2D eigenvalue weighted by Crippen LogP contribution is -2.36. The zero-order chi connectivity index (χ0) is 18.7. The maximum Gasteiger partial charge on any atom is 0.243 e. The Kier molecular flexibility index (Phi) is 5.48. The Bertz CT molecular complexity index is 905. The molecule has 1 N–H and O–H groups in total. The molecule has 2 aromatic carbocycles. The van der Waals surface area contributed by atoms with Gasteiger partial charge in [0.25, 0.3) is 0 Å². The molecule has 2 aliphatic heterocycles. The first-order valence-electron chi connectivity index (χ1n) is 9.68. The molecule has 144 valence electrons. The number of benzene rings is 2. The lowest BCUT2D eigenvalue weighted by atomic mass is 10.1. The van der Waals surface area contributed by atoms with Crippen LogP contribution in [-0.2, 0) is 29.5 Å². The third-order valence-corrected chi connectivity index (χ3v) is 7.30. The number of nitrogens with zero attached hydrogens (tertiary/aromatic N) is 1. The molecule has 27 heavy (non-hydrogen) atoms. The van der Waals surface area contributed by atoms with E-state index in [1.807, 2.05) is 18.2 Å². The van der Waals surface area contributed by atoms with Gasteiger partial charge in [-0.05, 0) is 41.7 Å². The molecule has 0 unspecified atom stereocenters. The number of hydrogen-bond acceptors (Lipinski definition) is 4. The molecule has 1 saturated heterocycles. The van der Waals surface area contributed by atoms with Crippen molar-refractivity contribution in [3.63, 3.8) is 0 Å². The van der Waals surface area contributed by atoms with E-state index in [0.717, 1.165) is 43.6 Å². The molecule has 2 aromatic rings. The van der Waals surface area contributed by atoms with Crippen molar-refractivity contribution < 1.29 is 13.2 Å². The van der Waals surface area contributed by atoms with Crippen molar-refractivity contribution in [3.05, 3.63) is 59.2 Å². The minimum absolute atomic E-state index is 0.432. The Morgan fingerprint density at radius 1 is 1.00 bits per heavy atom. The molecule has 0 aliphatic carbocycles. The van der Waals surface area contributed by atoms with Crippen LogP contribution in [0.2, 0.25) is 0 Å². The van der Waals surface area contributed by atoms with Crippen LogP contribution >= 0.6 is 0 Å². The summed E-state index contributed by atoms with van der Waals surface area (Å²) in [5.74, 6) is 0.983. The van der Waals surface area contributed by atoms with Gasteiger partial charge in [0.05, 0.1) is 11.5 Å². The van der Waals surface area contributed by atoms with Gasteiger partial charge in [-0.15, -0.1) is 0 Å². The highest BCUT2D eigenvalue weighted by atomic mass is 32.2. The van der Waals surface area contributed by atoms with Crippen LogP contribution in [0.5, 0.6) is 5.75 Å². The van der Waals surface area contributed by atoms with Crippen LogP contribution in [0, 0.1) is 0 Å². The van der Waals surface area contributed by atoms with Gasteiger partial charge in [0.15, 0.2) is 0 Å². The van der Waals surface area contributed by atoms with Crippen LogP contribution in [0.25, 0.3) is 0 Å². The molecule has 0 bridgehead atoms. The normalized spacial score (nSPS) is 17.5. The molecule has 0 saturated carbocycles. The number of sulfonamides is 1. The molecule has 6 heteroatoms. The molecule has 2 aliphatic rings. The highest BCUT2D eigenvalue weighted by molar-refractivity contribution is 7.89. The minimum atomic E-state index is -3.42. The Balaban J connectivity index is 1.45. The lowest BCUT2D eigenvalue weighted by molar-refractivity contribution is 0.346. The first kappa shape index (κ1) is 18.5. The maximum atomic E-state index is 13.1. The van der Waals surface area contributed by atoms with Crippen LogP contribution in [0.15, 0.2) is 47.4 Å². The van der Waals surface area contributed by atoms with Crippen molar-refractivity contribution in [3.8, 4) is 5.75 Å². The molecule has 4 rings (SSSR count). The van der Waals surface area contributed by atoms with Crippen molar-refractivity contribution >= 4 is 10.0 Å². The van der Waals surface area contributed by atoms with Crippen molar-refractivity contribution in [1.29, 1.82) is 0 Å². The van der Waals surface area contributed by atoms with Crippen molar-refractivity contribution in [1.82, 2.24) is 9.62 Å². The van der Waals surface area contributed by atoms with Crippen LogP contribution in [0.3, 0.4) is 0 Å². The van der Waals surface area contributed by atoms with Crippen molar-refractivity contribution in [2.24, 2.45) is 0 Å². The second kappa shape index (κ2) is 8.00. The average Bonchev–Trinajstić information content (AvgIpc) is 3.17. The Labute approximate surface area is 161 Å². The van der Waals surface area contributed by atoms with E-state index in [1.165, 1.54) is 11.1 Å². The van der Waals surface area contributed by atoms with Gasteiger partial charge in [-0.2, -0.15) is 4.31 Å². The van der Waals surface area contributed by atoms with E-state index in [-0.39, 0.29) is 0 Å². The molecule has 2 heterocycles. The standard InChI is InChI=1S/C21H26N2O3S/c24-27(25,23-11-4-1-5-12-23)21-7-3-2-6-19(21)16-22-15-17-8-9-20-18(14-17)10-13-26-20/h2-3,6-9,14,22H,1,4-5,10-13,15-16H2. The van der Waals surface area contributed by atoms with E-state index in [0.29, 0.717) is 31.1 Å². The second-order valence-corrected chi connectivity index (χ2v) is 9.12. The van der Waals surface area contributed by atoms with Gasteiger partial charge in [0, 0.05) is 32.6 Å². The van der Waals surface area contributed by atoms with Crippen LogP contribution in [0.4, 0.5) is 0 Å². The van der Waals surface area contributed by atoms with Crippen LogP contribution in [0.1, 0.15) is 36.0 Å². The highest BCUT2D eigenvalue weighted by Crippen LogP contribution is 2.26. The molecule has 0 aromatic heterocycles. The molecule has 5 nitrogen and oxygen atoms in total. The summed E-state index contributed by atoms with van der Waals surface area (Å²) in [6, 6.07) is 13.6. The molecule has 0 spiro atoms. The summed E-state index contributed by atoms with van der Waals surface area (Å²) in [5, 5.41) is 3.40. The Hall–Kier alpha value is -1.89. The second-order valence-electron chi connectivity index (χ2n) is 7.22. The van der Waals surface area contributed by atoms with Gasteiger partial charge < -0.3 is 10.1 Å². The molecule has 0 atom stereocenters. The maximum absolute atomic E-state index is 13.1. The Morgan fingerprint density at radius 2 is 1.81 bits per heavy atom. The van der Waals surface area contributed by atoms with Gasteiger partial charge in [-0.3, -0.25) is 0 Å². The van der Waals surface area contributed by atoms with Gasteiger partial charge >= 0.3 is 0 Å². The zero-order valence-corrected chi connectivity index (χ0v) is 16.3. The average molecular weight is 387 g/mol. The van der Waals surface area contributed by atoms with Gasteiger partial charge in [0.2, 0.25) is 10.0 Å². The summed E-state index contributed by atoms with van der Waals surface area (Å²) in [7, 11) is -3.42. The van der Waals surface area contributed by atoms with Gasteiger partial charge in [-0.25, -0.2) is 8.42 Å². The molecule has 0 radical (unpaired) electrons.